The number of rotatable bonds is 12. The molecule has 0 spiro atoms. The van der Waals surface area contributed by atoms with E-state index in [4.69, 9.17) is 0 Å². The van der Waals surface area contributed by atoms with Gasteiger partial charge < -0.3 is 30.4 Å². The fourth-order valence-electron chi connectivity index (χ4n) is 5.51. The van der Waals surface area contributed by atoms with E-state index < -0.39 is 46.1 Å². The van der Waals surface area contributed by atoms with Gasteiger partial charge in [0.05, 0.1) is 24.2 Å². The average Bonchev–Trinajstić information content (AvgIpc) is 3.19. The van der Waals surface area contributed by atoms with Crippen molar-refractivity contribution >= 4 is 57.8 Å². The second kappa shape index (κ2) is 17.5. The zero-order valence-electron chi connectivity index (χ0n) is 30.9. The Morgan fingerprint density at radius 1 is 0.500 bits per heavy atom. The van der Waals surface area contributed by atoms with Gasteiger partial charge in [-0.25, -0.2) is 9.59 Å². The lowest BCUT2D eigenvalue weighted by Crippen LogP contribution is -2.31. The maximum absolute atomic E-state index is 13.0. The van der Waals surface area contributed by atoms with Gasteiger partial charge in [0.15, 0.2) is 0 Å². The van der Waals surface area contributed by atoms with Crippen molar-refractivity contribution in [2.75, 3.05) is 21.3 Å². The molecule has 0 saturated carbocycles. The first kappa shape index (κ1) is 39.4. The van der Waals surface area contributed by atoms with Crippen LogP contribution in [0.2, 0.25) is 0 Å². The van der Waals surface area contributed by atoms with Crippen LogP contribution in [0.1, 0.15) is 32.1 Å². The van der Waals surface area contributed by atoms with Gasteiger partial charge in [0, 0.05) is 71.5 Å². The van der Waals surface area contributed by atoms with Gasteiger partial charge >= 0.3 is 11.4 Å². The first-order valence-corrected chi connectivity index (χ1v) is 17.4. The molecule has 0 fully saturated rings. The van der Waals surface area contributed by atoms with Crippen LogP contribution in [0.4, 0.5) is 34.1 Å². The second-order valence-electron chi connectivity index (χ2n) is 12.8. The predicted molar refractivity (Wildman–Crippen MR) is 215 cm³/mol. The molecule has 6 rings (SSSR count). The smallest absolute Gasteiger partial charge is 0.326 e. The van der Waals surface area contributed by atoms with Crippen molar-refractivity contribution in [3.63, 3.8) is 0 Å². The minimum Gasteiger partial charge on any atom is -0.326 e. The molecule has 0 aliphatic carbocycles. The van der Waals surface area contributed by atoms with E-state index >= 15 is 0 Å². The average molecular weight is 783 g/mol. The Hall–Kier alpha value is -8.28. The van der Waals surface area contributed by atoms with Crippen LogP contribution in [0, 0.1) is 0 Å². The Morgan fingerprint density at radius 3 is 1.26 bits per heavy atom. The molecule has 0 atom stereocenters. The number of H-pyrrole nitrogens is 2. The van der Waals surface area contributed by atoms with Crippen molar-refractivity contribution in [3.8, 4) is 0 Å². The summed E-state index contributed by atoms with van der Waals surface area (Å²) < 4.78 is 2.34. The molecule has 58 heavy (non-hydrogen) atoms. The Morgan fingerprint density at radius 2 is 0.879 bits per heavy atom. The molecule has 0 unspecified atom stereocenters. The maximum atomic E-state index is 13.0. The fourth-order valence-corrected chi connectivity index (χ4v) is 5.51. The Kier molecular flexibility index (Phi) is 11.9. The highest BCUT2D eigenvalue weighted by molar-refractivity contribution is 6.06. The summed E-state index contributed by atoms with van der Waals surface area (Å²) in [6.07, 6.45) is -0.451. The molecule has 0 aliphatic rings. The van der Waals surface area contributed by atoms with Crippen molar-refractivity contribution in [3.05, 3.63) is 173 Å². The second-order valence-corrected chi connectivity index (χ2v) is 12.8. The molecule has 6 N–H and O–H groups in total. The molecule has 0 bridgehead atoms. The summed E-state index contributed by atoms with van der Waals surface area (Å²) in [5.74, 6) is -1.81. The SMILES string of the molecule is Cn1c(CC(=O)Nc2cccc(C(=O)Nc3ccc(N=Nc4ccc(NC(=O)c5cccc(NC(=O)Cc6cc(=O)[nH]c(=O)n6C)c5)cc4)cc3)c2)cc(=O)[nH]c1=O. The molecular weight excluding hydrogens is 749 g/mol. The van der Waals surface area contributed by atoms with Crippen molar-refractivity contribution in [2.45, 2.75) is 12.8 Å². The lowest BCUT2D eigenvalue weighted by atomic mass is 10.1. The number of anilines is 4. The monoisotopic (exact) mass is 782 g/mol. The van der Waals surface area contributed by atoms with E-state index in [0.29, 0.717) is 34.1 Å². The molecule has 18 nitrogen and oxygen atoms in total. The fraction of sp³-hybridized carbons (Fsp3) is 0.100. The number of hydrogen-bond acceptors (Lipinski definition) is 10. The summed E-state index contributed by atoms with van der Waals surface area (Å²) in [7, 11) is 2.88. The van der Waals surface area contributed by atoms with E-state index in [1.807, 2.05) is 0 Å². The summed E-state index contributed by atoms with van der Waals surface area (Å²) in [5.41, 5.74) is 1.22. The van der Waals surface area contributed by atoms with Crippen LogP contribution in [-0.2, 0) is 36.5 Å². The molecule has 18 heteroatoms. The highest BCUT2D eigenvalue weighted by Gasteiger charge is 2.14. The quantitative estimate of drug-likeness (QED) is 0.0996. The van der Waals surface area contributed by atoms with Crippen molar-refractivity contribution in [1.29, 1.82) is 0 Å². The lowest BCUT2D eigenvalue weighted by molar-refractivity contribution is -0.116. The number of carbonyl (C=O) groups excluding carboxylic acids is 4. The molecule has 4 amide bonds. The molecular formula is C40H34N10O8. The summed E-state index contributed by atoms with van der Waals surface area (Å²) in [6, 6.07) is 28.2. The number of nitrogens with one attached hydrogen (secondary N) is 6. The molecule has 2 heterocycles. The molecule has 0 aliphatic heterocycles. The number of aromatic nitrogens is 4. The number of benzene rings is 4. The third kappa shape index (κ3) is 10.3. The molecule has 2 aromatic heterocycles. The molecule has 0 radical (unpaired) electrons. The van der Waals surface area contributed by atoms with Gasteiger partial charge in [-0.15, -0.1) is 0 Å². The lowest BCUT2D eigenvalue weighted by Gasteiger charge is -2.10. The van der Waals surface area contributed by atoms with Crippen molar-refractivity contribution < 1.29 is 19.2 Å². The van der Waals surface area contributed by atoms with Gasteiger partial charge in [0.2, 0.25) is 11.8 Å². The minimum absolute atomic E-state index is 0.226. The molecule has 4 aromatic carbocycles. The summed E-state index contributed by atoms with van der Waals surface area (Å²) in [5, 5.41) is 19.4. The molecule has 292 valence electrons. The first-order valence-electron chi connectivity index (χ1n) is 17.4. The number of hydrogen-bond donors (Lipinski definition) is 6. The number of aromatic amines is 2. The highest BCUT2D eigenvalue weighted by Crippen LogP contribution is 2.23. The topological polar surface area (TPSA) is 251 Å². The van der Waals surface area contributed by atoms with Gasteiger partial charge in [-0.3, -0.25) is 38.7 Å². The van der Waals surface area contributed by atoms with Gasteiger partial charge in [-0.2, -0.15) is 10.2 Å². The van der Waals surface area contributed by atoms with Gasteiger partial charge in [0.25, 0.3) is 22.9 Å². The molecule has 6 aromatic rings. The maximum Gasteiger partial charge on any atom is 0.328 e. The summed E-state index contributed by atoms with van der Waals surface area (Å²) >= 11 is 0. The largest absolute Gasteiger partial charge is 0.328 e. The number of azo groups is 1. The van der Waals surface area contributed by atoms with Gasteiger partial charge in [-0.1, -0.05) is 12.1 Å². The Labute approximate surface area is 327 Å². The van der Waals surface area contributed by atoms with Crippen LogP contribution in [0.15, 0.2) is 139 Å². The van der Waals surface area contributed by atoms with Crippen LogP contribution in [0.25, 0.3) is 0 Å². The Bertz CT molecular complexity index is 2630. The van der Waals surface area contributed by atoms with Crippen LogP contribution in [0.5, 0.6) is 0 Å². The number of nitrogens with zero attached hydrogens (tertiary/aromatic N) is 4. The van der Waals surface area contributed by atoms with Crippen LogP contribution >= 0.6 is 0 Å². The zero-order valence-corrected chi connectivity index (χ0v) is 30.9. The van der Waals surface area contributed by atoms with Crippen LogP contribution in [-0.4, -0.2) is 42.7 Å². The van der Waals surface area contributed by atoms with E-state index in [-0.39, 0.29) is 35.4 Å². The Balaban J connectivity index is 0.989. The van der Waals surface area contributed by atoms with E-state index in [1.165, 1.54) is 47.5 Å². The van der Waals surface area contributed by atoms with Crippen molar-refractivity contribution in [1.82, 2.24) is 19.1 Å². The number of amides is 4. The summed E-state index contributed by atoms with van der Waals surface area (Å²) in [6.45, 7) is 0. The third-order valence-electron chi connectivity index (χ3n) is 8.56. The predicted octanol–water partition coefficient (Wildman–Crippen LogP) is 3.74. The van der Waals surface area contributed by atoms with Crippen LogP contribution in [0.3, 0.4) is 0 Å². The van der Waals surface area contributed by atoms with Gasteiger partial charge in [0.1, 0.15) is 0 Å². The van der Waals surface area contributed by atoms with E-state index in [9.17, 15) is 38.4 Å². The highest BCUT2D eigenvalue weighted by atomic mass is 16.2. The zero-order chi connectivity index (χ0) is 41.3. The molecule has 0 saturated heterocycles. The van der Waals surface area contributed by atoms with Crippen molar-refractivity contribution in [2.24, 2.45) is 24.3 Å². The van der Waals surface area contributed by atoms with Crippen LogP contribution < -0.4 is 43.8 Å². The summed E-state index contributed by atoms with van der Waals surface area (Å²) in [4.78, 5) is 102. The van der Waals surface area contributed by atoms with Gasteiger partial charge in [-0.05, 0) is 84.9 Å². The third-order valence-corrected chi connectivity index (χ3v) is 8.56. The number of carbonyl (C=O) groups is 4. The normalized spacial score (nSPS) is 10.9. The van der Waals surface area contributed by atoms with E-state index in [1.54, 1.807) is 84.9 Å². The van der Waals surface area contributed by atoms with E-state index in [0.717, 1.165) is 0 Å². The van der Waals surface area contributed by atoms with E-state index in [2.05, 4.69) is 41.5 Å². The minimum atomic E-state index is -0.632. The standard InChI is InChI=1S/C40H34N10O8/c1-49-31(21-35(53)45-39(49)57)19-33(51)41-29-7-3-5-23(17-29)37(55)43-25-9-13-27(14-10-25)47-48-28-15-11-26(12-16-28)44-38(56)24-6-4-8-30(18-24)42-34(52)20-32-22-36(54)46-40(58)50(32)2/h3-18,21-22H,19-20H2,1-2H3,(H,41,51)(H,42,52)(H,43,55)(H,44,56)(H,45,53,57)(H,46,54,58). The first-order chi connectivity index (χ1) is 27.8.